The molecule has 0 radical (unpaired) electrons. The number of hydrogen-bond acceptors (Lipinski definition) is 3. The first-order valence-electron chi connectivity index (χ1n) is 8.71. The minimum Gasteiger partial charge on any atom is -0.489 e. The maximum absolute atomic E-state index is 10.2. The van der Waals surface area contributed by atoms with E-state index in [0.717, 1.165) is 22.4 Å². The van der Waals surface area contributed by atoms with Crippen LogP contribution < -0.4 is 10.1 Å². The third kappa shape index (κ3) is 5.98. The topological polar surface area (TPSA) is 41.5 Å². The van der Waals surface area contributed by atoms with Crippen molar-refractivity contribution in [2.45, 2.75) is 19.3 Å². The predicted octanol–water partition coefficient (Wildman–Crippen LogP) is 5.40. The highest BCUT2D eigenvalue weighted by molar-refractivity contribution is 6.42. The molecule has 27 heavy (non-hydrogen) atoms. The Morgan fingerprint density at radius 2 is 1.67 bits per heavy atom. The first-order chi connectivity index (χ1) is 13.1. The number of benzene rings is 3. The fraction of sp³-hybridized carbons (Fsp3) is 0.182. The highest BCUT2D eigenvalue weighted by Crippen LogP contribution is 2.23. The lowest BCUT2D eigenvalue weighted by molar-refractivity contribution is 0.174. The van der Waals surface area contributed by atoms with Crippen LogP contribution in [-0.2, 0) is 13.2 Å². The standard InChI is InChI=1S/C22H21Cl2NO2/c23-20-10-9-17(12-21(20)24)15-27-19-8-4-5-16(11-19)13-25-14-22(26)18-6-2-1-3-7-18/h1-12,22,25-26H,13-15H2/t22-/m0/s1. The third-order valence-corrected chi connectivity index (χ3v) is 4.88. The second kappa shape index (κ2) is 9.77. The van der Waals surface area contributed by atoms with Crippen molar-refractivity contribution in [1.82, 2.24) is 5.32 Å². The summed E-state index contributed by atoms with van der Waals surface area (Å²) in [6.45, 7) is 1.55. The van der Waals surface area contributed by atoms with Crippen LogP contribution in [0.1, 0.15) is 22.8 Å². The van der Waals surface area contributed by atoms with Gasteiger partial charge in [-0.1, -0.05) is 71.7 Å². The average molecular weight is 402 g/mol. The summed E-state index contributed by atoms with van der Waals surface area (Å²) in [5.74, 6) is 0.781. The first-order valence-corrected chi connectivity index (χ1v) is 9.47. The van der Waals surface area contributed by atoms with Crippen molar-refractivity contribution in [3.63, 3.8) is 0 Å². The van der Waals surface area contributed by atoms with Gasteiger partial charge in [-0.05, 0) is 41.0 Å². The molecule has 0 fully saturated rings. The Balaban J connectivity index is 1.50. The molecule has 0 saturated heterocycles. The zero-order valence-corrected chi connectivity index (χ0v) is 16.3. The van der Waals surface area contributed by atoms with E-state index in [2.05, 4.69) is 5.32 Å². The Bertz CT molecular complexity index is 871. The maximum Gasteiger partial charge on any atom is 0.120 e. The average Bonchev–Trinajstić information content (AvgIpc) is 2.70. The molecule has 0 bridgehead atoms. The van der Waals surface area contributed by atoms with Gasteiger partial charge >= 0.3 is 0 Å². The van der Waals surface area contributed by atoms with E-state index in [1.807, 2.05) is 60.7 Å². The summed E-state index contributed by atoms with van der Waals surface area (Å²) < 4.78 is 5.85. The lowest BCUT2D eigenvalue weighted by Crippen LogP contribution is -2.21. The lowest BCUT2D eigenvalue weighted by atomic mass is 10.1. The van der Waals surface area contributed by atoms with Gasteiger partial charge in [-0.25, -0.2) is 0 Å². The Labute approximate surface area is 169 Å². The molecule has 3 aromatic rings. The highest BCUT2D eigenvalue weighted by atomic mass is 35.5. The number of ether oxygens (including phenoxy) is 1. The zero-order chi connectivity index (χ0) is 19.1. The highest BCUT2D eigenvalue weighted by Gasteiger charge is 2.06. The van der Waals surface area contributed by atoms with Gasteiger partial charge in [-0.2, -0.15) is 0 Å². The zero-order valence-electron chi connectivity index (χ0n) is 14.7. The van der Waals surface area contributed by atoms with Gasteiger partial charge in [0.1, 0.15) is 12.4 Å². The van der Waals surface area contributed by atoms with E-state index in [1.165, 1.54) is 0 Å². The van der Waals surface area contributed by atoms with Crippen LogP contribution in [0.2, 0.25) is 10.0 Å². The molecule has 3 aromatic carbocycles. The molecule has 0 unspecified atom stereocenters. The molecule has 0 spiro atoms. The minimum atomic E-state index is -0.528. The number of nitrogens with one attached hydrogen (secondary N) is 1. The van der Waals surface area contributed by atoms with Crippen LogP contribution in [0, 0.1) is 0 Å². The second-order valence-corrected chi connectivity index (χ2v) is 7.06. The van der Waals surface area contributed by atoms with Gasteiger partial charge < -0.3 is 15.2 Å². The Morgan fingerprint density at radius 3 is 2.44 bits per heavy atom. The number of hydrogen-bond donors (Lipinski definition) is 2. The van der Waals surface area contributed by atoms with Crippen LogP contribution in [0.4, 0.5) is 0 Å². The van der Waals surface area contributed by atoms with Crippen LogP contribution in [0.25, 0.3) is 0 Å². The van der Waals surface area contributed by atoms with Crippen LogP contribution in [0.3, 0.4) is 0 Å². The summed E-state index contributed by atoms with van der Waals surface area (Å²) in [6.07, 6.45) is -0.528. The van der Waals surface area contributed by atoms with Gasteiger partial charge in [0, 0.05) is 13.1 Å². The molecule has 140 valence electrons. The molecule has 5 heteroatoms. The molecule has 0 aliphatic heterocycles. The van der Waals surface area contributed by atoms with E-state index in [9.17, 15) is 5.11 Å². The van der Waals surface area contributed by atoms with Crippen LogP contribution in [-0.4, -0.2) is 11.7 Å². The normalized spacial score (nSPS) is 12.0. The van der Waals surface area contributed by atoms with Crippen LogP contribution in [0.5, 0.6) is 5.75 Å². The number of aliphatic hydroxyl groups is 1. The SMILES string of the molecule is O[C@@H](CNCc1cccc(OCc2ccc(Cl)c(Cl)c2)c1)c1ccccc1. The monoisotopic (exact) mass is 401 g/mol. The van der Waals surface area contributed by atoms with Crippen molar-refractivity contribution in [2.24, 2.45) is 0 Å². The summed E-state index contributed by atoms with van der Waals surface area (Å²) >= 11 is 12.0. The summed E-state index contributed by atoms with van der Waals surface area (Å²) in [5, 5.41) is 14.5. The van der Waals surface area contributed by atoms with Crippen LogP contribution in [0.15, 0.2) is 72.8 Å². The Hall–Kier alpha value is -2.04. The number of aliphatic hydroxyl groups excluding tert-OH is 1. The van der Waals surface area contributed by atoms with Gasteiger partial charge in [0.05, 0.1) is 16.1 Å². The molecule has 3 rings (SSSR count). The van der Waals surface area contributed by atoms with E-state index in [4.69, 9.17) is 27.9 Å². The molecular formula is C22H21Cl2NO2. The van der Waals surface area contributed by atoms with E-state index >= 15 is 0 Å². The van der Waals surface area contributed by atoms with Crippen molar-refractivity contribution in [1.29, 1.82) is 0 Å². The molecule has 0 aromatic heterocycles. The molecule has 0 aliphatic rings. The van der Waals surface area contributed by atoms with Crippen LogP contribution >= 0.6 is 23.2 Å². The van der Waals surface area contributed by atoms with Crippen molar-refractivity contribution in [3.05, 3.63) is 99.5 Å². The number of halogens is 2. The Kier molecular flexibility index (Phi) is 7.13. The molecular weight excluding hydrogens is 381 g/mol. The third-order valence-electron chi connectivity index (χ3n) is 4.14. The van der Waals surface area contributed by atoms with E-state index in [1.54, 1.807) is 12.1 Å². The van der Waals surface area contributed by atoms with Gasteiger partial charge in [0.2, 0.25) is 0 Å². The largest absolute Gasteiger partial charge is 0.489 e. The molecule has 1 atom stereocenters. The van der Waals surface area contributed by atoms with Gasteiger partial charge in [-0.3, -0.25) is 0 Å². The summed E-state index contributed by atoms with van der Waals surface area (Å²) in [5.41, 5.74) is 2.95. The summed E-state index contributed by atoms with van der Waals surface area (Å²) in [4.78, 5) is 0. The van der Waals surface area contributed by atoms with Crippen molar-refractivity contribution in [2.75, 3.05) is 6.54 Å². The lowest BCUT2D eigenvalue weighted by Gasteiger charge is -2.13. The summed E-state index contributed by atoms with van der Waals surface area (Å²) in [6, 6.07) is 23.0. The molecule has 0 amide bonds. The molecule has 0 aliphatic carbocycles. The van der Waals surface area contributed by atoms with Gasteiger partial charge in [-0.15, -0.1) is 0 Å². The molecule has 2 N–H and O–H groups in total. The fourth-order valence-corrected chi connectivity index (χ4v) is 3.01. The van der Waals surface area contributed by atoms with E-state index in [0.29, 0.717) is 29.7 Å². The predicted molar refractivity (Wildman–Crippen MR) is 110 cm³/mol. The smallest absolute Gasteiger partial charge is 0.120 e. The maximum atomic E-state index is 10.2. The molecule has 0 saturated carbocycles. The van der Waals surface area contributed by atoms with Gasteiger partial charge in [0.25, 0.3) is 0 Å². The number of rotatable bonds is 8. The fourth-order valence-electron chi connectivity index (χ4n) is 2.69. The quantitative estimate of drug-likeness (QED) is 0.531. The van der Waals surface area contributed by atoms with Crippen molar-refractivity contribution >= 4 is 23.2 Å². The second-order valence-electron chi connectivity index (χ2n) is 6.24. The van der Waals surface area contributed by atoms with E-state index < -0.39 is 6.10 Å². The Morgan fingerprint density at radius 1 is 0.852 bits per heavy atom. The molecule has 0 heterocycles. The van der Waals surface area contributed by atoms with Gasteiger partial charge in [0.15, 0.2) is 0 Å². The summed E-state index contributed by atoms with van der Waals surface area (Å²) in [7, 11) is 0. The van der Waals surface area contributed by atoms with E-state index in [-0.39, 0.29) is 0 Å². The van der Waals surface area contributed by atoms with Crippen molar-refractivity contribution < 1.29 is 9.84 Å². The molecule has 3 nitrogen and oxygen atoms in total. The minimum absolute atomic E-state index is 0.417. The first kappa shape index (κ1) is 19.7. The van der Waals surface area contributed by atoms with Crippen molar-refractivity contribution in [3.8, 4) is 5.75 Å².